The van der Waals surface area contributed by atoms with Gasteiger partial charge < -0.3 is 24.1 Å². The van der Waals surface area contributed by atoms with Crippen molar-refractivity contribution in [3.05, 3.63) is 40.7 Å². The van der Waals surface area contributed by atoms with Crippen molar-refractivity contribution in [1.82, 2.24) is 14.2 Å². The van der Waals surface area contributed by atoms with Crippen LogP contribution in [-0.2, 0) is 32.6 Å². The molecule has 2 aromatic rings. The Labute approximate surface area is 211 Å². The predicted octanol–water partition coefficient (Wildman–Crippen LogP) is 2.75. The summed E-state index contributed by atoms with van der Waals surface area (Å²) in [6.07, 6.45) is 1.13. The average Bonchev–Trinajstić information content (AvgIpc) is 3.43. The number of piperidine rings is 1. The molecular formula is C25H33N3O7S. The number of amides is 1. The number of fused-ring (bicyclic) bond motifs is 1. The highest BCUT2D eigenvalue weighted by Crippen LogP contribution is 2.34. The second-order valence-corrected chi connectivity index (χ2v) is 10.8. The molecule has 0 radical (unpaired) electrons. The maximum absolute atomic E-state index is 13.8. The van der Waals surface area contributed by atoms with E-state index in [0.29, 0.717) is 48.8 Å². The number of ether oxygens (including phenoxy) is 3. The minimum absolute atomic E-state index is 0.0262. The first-order valence-corrected chi connectivity index (χ1v) is 13.7. The van der Waals surface area contributed by atoms with Crippen LogP contribution in [0, 0.1) is 19.8 Å². The van der Waals surface area contributed by atoms with Gasteiger partial charge in [-0.25, -0.2) is 13.2 Å². The number of nitrogens with one attached hydrogen (secondary N) is 1. The number of nitrogens with zero attached hydrogens (tertiary/aromatic N) is 2. The molecule has 1 atom stereocenters. The van der Waals surface area contributed by atoms with Crippen LogP contribution >= 0.6 is 0 Å². The lowest BCUT2D eigenvalue weighted by Crippen LogP contribution is -2.45. The van der Waals surface area contributed by atoms with Crippen LogP contribution < -0.4 is 14.8 Å². The van der Waals surface area contributed by atoms with Crippen molar-refractivity contribution in [2.24, 2.45) is 5.92 Å². The molecule has 0 unspecified atom stereocenters. The summed E-state index contributed by atoms with van der Waals surface area (Å²) in [5.41, 5.74) is 1.99. The Kier molecular flexibility index (Phi) is 7.60. The Morgan fingerprint density at radius 1 is 1.14 bits per heavy atom. The maximum atomic E-state index is 13.8. The summed E-state index contributed by atoms with van der Waals surface area (Å²) >= 11 is 0. The summed E-state index contributed by atoms with van der Waals surface area (Å²) in [4.78, 5) is 25.7. The van der Waals surface area contributed by atoms with Gasteiger partial charge in [-0.05, 0) is 58.2 Å². The van der Waals surface area contributed by atoms with E-state index in [9.17, 15) is 18.0 Å². The van der Waals surface area contributed by atoms with Crippen LogP contribution in [0.4, 0.5) is 0 Å². The lowest BCUT2D eigenvalue weighted by atomic mass is 9.98. The van der Waals surface area contributed by atoms with E-state index in [4.69, 9.17) is 14.2 Å². The highest BCUT2D eigenvalue weighted by molar-refractivity contribution is 7.89. The van der Waals surface area contributed by atoms with E-state index in [-0.39, 0.29) is 42.9 Å². The van der Waals surface area contributed by atoms with Gasteiger partial charge in [0.05, 0.1) is 12.5 Å². The number of hydrogen-bond acceptors (Lipinski definition) is 7. The number of benzene rings is 1. The number of esters is 1. The Hall–Kier alpha value is -3.05. The molecule has 4 rings (SSSR count). The van der Waals surface area contributed by atoms with Gasteiger partial charge in [0, 0.05) is 37.6 Å². The molecule has 0 spiro atoms. The lowest BCUT2D eigenvalue weighted by molar-refractivity contribution is -0.126. The quantitative estimate of drug-likeness (QED) is 0.533. The van der Waals surface area contributed by atoms with Crippen LogP contribution in [-0.4, -0.2) is 55.7 Å². The van der Waals surface area contributed by atoms with Gasteiger partial charge >= 0.3 is 5.97 Å². The van der Waals surface area contributed by atoms with Gasteiger partial charge in [-0.3, -0.25) is 4.79 Å². The highest BCUT2D eigenvalue weighted by Gasteiger charge is 2.39. The van der Waals surface area contributed by atoms with Gasteiger partial charge in [-0.1, -0.05) is 6.07 Å². The molecule has 1 amide bonds. The number of aromatic nitrogens is 1. The molecule has 36 heavy (non-hydrogen) atoms. The average molecular weight is 520 g/mol. The van der Waals surface area contributed by atoms with E-state index >= 15 is 0 Å². The van der Waals surface area contributed by atoms with Crippen LogP contribution in [0.2, 0.25) is 0 Å². The number of rotatable bonds is 8. The van der Waals surface area contributed by atoms with Gasteiger partial charge in [-0.2, -0.15) is 4.31 Å². The molecular weight excluding hydrogens is 486 g/mol. The zero-order valence-corrected chi connectivity index (χ0v) is 21.9. The minimum Gasteiger partial charge on any atom is -0.462 e. The zero-order valence-electron chi connectivity index (χ0n) is 21.1. The topological polar surface area (TPSA) is 116 Å². The molecule has 1 aromatic carbocycles. The molecule has 1 fully saturated rings. The number of hydrogen-bond donors (Lipinski definition) is 1. The van der Waals surface area contributed by atoms with Gasteiger partial charge in [0.25, 0.3) is 0 Å². The largest absolute Gasteiger partial charge is 0.462 e. The Morgan fingerprint density at radius 2 is 1.89 bits per heavy atom. The van der Waals surface area contributed by atoms with E-state index in [0.717, 1.165) is 5.56 Å². The monoisotopic (exact) mass is 519 g/mol. The van der Waals surface area contributed by atoms with Gasteiger partial charge in [0.2, 0.25) is 22.7 Å². The van der Waals surface area contributed by atoms with Crippen LogP contribution in [0.3, 0.4) is 0 Å². The third-order valence-electron chi connectivity index (χ3n) is 6.78. The smallest absolute Gasteiger partial charge is 0.341 e. The Bertz CT molecular complexity index is 1270. The van der Waals surface area contributed by atoms with E-state index < -0.39 is 21.9 Å². The standard InChI is InChI=1S/C25H33N3O7S/c1-5-28-16(3)22(25(30)33-6-2)23(17(28)4)36(31,32)27-11-7-8-19(14-27)24(29)26-13-18-9-10-20-21(12-18)35-15-34-20/h9-10,12,19H,5-8,11,13-15H2,1-4H3,(H,26,29)/t19-/m0/s1. The first-order chi connectivity index (χ1) is 17.2. The molecule has 2 aliphatic rings. The van der Waals surface area contributed by atoms with Crippen LogP contribution in [0.15, 0.2) is 23.1 Å². The SMILES string of the molecule is CCOC(=O)c1c(S(=O)(=O)N2CCC[C@H](C(=O)NCc3ccc4c(c3)OCO4)C2)c(C)n(CC)c1C. The van der Waals surface area contributed by atoms with E-state index in [1.165, 1.54) is 4.31 Å². The van der Waals surface area contributed by atoms with E-state index in [2.05, 4.69) is 5.32 Å². The number of sulfonamides is 1. The van der Waals surface area contributed by atoms with Gasteiger partial charge in [0.15, 0.2) is 11.5 Å². The molecule has 11 heteroatoms. The summed E-state index contributed by atoms with van der Waals surface area (Å²) < 4.78 is 46.7. The molecule has 1 N–H and O–H groups in total. The third kappa shape index (κ3) is 4.81. The first kappa shape index (κ1) is 26.0. The van der Waals surface area contributed by atoms with Crippen LogP contribution in [0.5, 0.6) is 11.5 Å². The molecule has 196 valence electrons. The van der Waals surface area contributed by atoms with Crippen LogP contribution in [0.25, 0.3) is 0 Å². The lowest BCUT2D eigenvalue weighted by Gasteiger charge is -2.31. The number of carbonyl (C=O) groups is 2. The van der Waals surface area contributed by atoms with Crippen molar-refractivity contribution in [2.75, 3.05) is 26.5 Å². The van der Waals surface area contributed by atoms with Gasteiger partial charge in [-0.15, -0.1) is 0 Å². The molecule has 1 saturated heterocycles. The second kappa shape index (κ2) is 10.5. The van der Waals surface area contributed by atoms with Crippen molar-refractivity contribution < 1.29 is 32.2 Å². The van der Waals surface area contributed by atoms with Crippen molar-refractivity contribution in [3.63, 3.8) is 0 Å². The fraction of sp³-hybridized carbons (Fsp3) is 0.520. The van der Waals surface area contributed by atoms with Crippen molar-refractivity contribution >= 4 is 21.9 Å². The normalized spacial score (nSPS) is 17.7. The molecule has 0 bridgehead atoms. The minimum atomic E-state index is -4.04. The summed E-state index contributed by atoms with van der Waals surface area (Å²) in [6.45, 7) is 8.47. The number of carbonyl (C=O) groups excluding carboxylic acids is 2. The molecule has 3 heterocycles. The Morgan fingerprint density at radius 3 is 2.61 bits per heavy atom. The van der Waals surface area contributed by atoms with Crippen LogP contribution in [0.1, 0.15) is 54.0 Å². The van der Waals surface area contributed by atoms with Gasteiger partial charge in [0.1, 0.15) is 10.5 Å². The molecule has 0 aliphatic carbocycles. The Balaban J connectivity index is 1.52. The second-order valence-electron chi connectivity index (χ2n) is 8.95. The van der Waals surface area contributed by atoms with Crippen molar-refractivity contribution in [1.29, 1.82) is 0 Å². The van der Waals surface area contributed by atoms with E-state index in [1.807, 2.05) is 19.1 Å². The fourth-order valence-corrected chi connectivity index (χ4v) is 6.95. The summed E-state index contributed by atoms with van der Waals surface area (Å²) in [7, 11) is -4.04. The first-order valence-electron chi connectivity index (χ1n) is 12.2. The maximum Gasteiger partial charge on any atom is 0.341 e. The fourth-order valence-electron chi connectivity index (χ4n) is 4.98. The van der Waals surface area contributed by atoms with Crippen molar-refractivity contribution in [3.8, 4) is 11.5 Å². The summed E-state index contributed by atoms with van der Waals surface area (Å²) in [5.74, 6) is -0.0547. The molecule has 10 nitrogen and oxygen atoms in total. The van der Waals surface area contributed by atoms with E-state index in [1.54, 1.807) is 31.4 Å². The zero-order chi connectivity index (χ0) is 26.0. The molecule has 1 aromatic heterocycles. The molecule has 2 aliphatic heterocycles. The molecule has 0 saturated carbocycles. The summed E-state index contributed by atoms with van der Waals surface area (Å²) in [5, 5.41) is 2.92. The predicted molar refractivity (Wildman–Crippen MR) is 131 cm³/mol. The van der Waals surface area contributed by atoms with Crippen molar-refractivity contribution in [2.45, 2.75) is 58.5 Å². The third-order valence-corrected chi connectivity index (χ3v) is 8.81. The summed E-state index contributed by atoms with van der Waals surface area (Å²) in [6, 6.07) is 5.47. The highest BCUT2D eigenvalue weighted by atomic mass is 32.2.